The monoisotopic (exact) mass is 644 g/mol. The van der Waals surface area contributed by atoms with Gasteiger partial charge in [-0.05, 0) is 60.5 Å². The molecule has 0 spiro atoms. The van der Waals surface area contributed by atoms with Gasteiger partial charge in [0.1, 0.15) is 11.9 Å². The molecule has 0 aliphatic carbocycles. The van der Waals surface area contributed by atoms with Gasteiger partial charge in [0.25, 0.3) is 5.91 Å². The van der Waals surface area contributed by atoms with Crippen LogP contribution in [0.3, 0.4) is 0 Å². The van der Waals surface area contributed by atoms with Gasteiger partial charge in [-0.1, -0.05) is 79.7 Å². The molecule has 1 aliphatic rings. The number of benzene rings is 4. The number of nitrogens with one attached hydrogen (secondary N) is 1. The summed E-state index contributed by atoms with van der Waals surface area (Å²) in [5, 5.41) is 14.1. The van der Waals surface area contributed by atoms with Crippen molar-refractivity contribution in [3.63, 3.8) is 0 Å². The molecule has 4 aromatic carbocycles. The second-order valence-electron chi connectivity index (χ2n) is 13.1. The standard InChI is InChI=1S/C40H44N4O4/c1-27-22-44(28(2)26-45)40(47)35-21-33(41-39(46)20-32-24-43(4)36-13-9-8-12-34(32)36)18-19-37(35)48-38(27)25-42(3)23-29-14-16-31(17-15-29)30-10-6-5-7-11-30/h5-19,21,24,27-28,38,45H,20,22-23,25-26H2,1-4H3,(H,41,46)/t27-,28+,38+/m1/s1. The van der Waals surface area contributed by atoms with Crippen molar-refractivity contribution in [3.8, 4) is 16.9 Å². The Morgan fingerprint density at radius 3 is 2.46 bits per heavy atom. The molecule has 0 unspecified atom stereocenters. The van der Waals surface area contributed by atoms with E-state index in [4.69, 9.17) is 4.74 Å². The quantitative estimate of drug-likeness (QED) is 0.184. The Kier molecular flexibility index (Phi) is 9.94. The largest absolute Gasteiger partial charge is 0.488 e. The maximum Gasteiger partial charge on any atom is 0.258 e. The molecule has 6 rings (SSSR count). The van der Waals surface area contributed by atoms with Gasteiger partial charge in [0.05, 0.1) is 24.6 Å². The minimum absolute atomic E-state index is 0.000851. The number of amides is 2. The Bertz CT molecular complexity index is 1890. The summed E-state index contributed by atoms with van der Waals surface area (Å²) in [7, 11) is 4.05. The maximum atomic E-state index is 13.9. The molecule has 248 valence electrons. The molecule has 1 aromatic heterocycles. The Labute approximate surface area is 282 Å². The Hall–Kier alpha value is -4.92. The number of fused-ring (bicyclic) bond motifs is 2. The van der Waals surface area contributed by atoms with Gasteiger partial charge >= 0.3 is 0 Å². The first-order valence-corrected chi connectivity index (χ1v) is 16.6. The van der Waals surface area contributed by atoms with Crippen LogP contribution in [0.5, 0.6) is 5.75 Å². The van der Waals surface area contributed by atoms with Gasteiger partial charge in [-0.15, -0.1) is 0 Å². The Morgan fingerprint density at radius 2 is 1.71 bits per heavy atom. The third-order valence-electron chi connectivity index (χ3n) is 9.28. The van der Waals surface area contributed by atoms with Gasteiger partial charge in [0.15, 0.2) is 0 Å². The summed E-state index contributed by atoms with van der Waals surface area (Å²) >= 11 is 0. The molecule has 0 radical (unpaired) electrons. The molecule has 8 nitrogen and oxygen atoms in total. The Balaban J connectivity index is 1.19. The van der Waals surface area contributed by atoms with Crippen molar-refractivity contribution >= 4 is 28.4 Å². The third kappa shape index (κ3) is 7.30. The summed E-state index contributed by atoms with van der Waals surface area (Å²) in [6.45, 7) is 5.60. The lowest BCUT2D eigenvalue weighted by molar-refractivity contribution is -0.115. The third-order valence-corrected chi connectivity index (χ3v) is 9.28. The summed E-state index contributed by atoms with van der Waals surface area (Å²) in [5.41, 5.74) is 6.47. The molecule has 8 heteroatoms. The molecule has 48 heavy (non-hydrogen) atoms. The smallest absolute Gasteiger partial charge is 0.258 e. The molecule has 0 bridgehead atoms. The topological polar surface area (TPSA) is 87.0 Å². The summed E-state index contributed by atoms with van der Waals surface area (Å²) < 4.78 is 8.63. The number of aromatic nitrogens is 1. The van der Waals surface area contributed by atoms with Crippen molar-refractivity contribution in [1.82, 2.24) is 14.4 Å². The number of aryl methyl sites for hydroxylation is 1. The number of aliphatic hydroxyl groups is 1. The van der Waals surface area contributed by atoms with Crippen LogP contribution in [-0.4, -0.2) is 70.2 Å². The molecule has 0 fully saturated rings. The summed E-state index contributed by atoms with van der Waals surface area (Å²) in [4.78, 5) is 31.1. The van der Waals surface area contributed by atoms with Crippen LogP contribution in [0.4, 0.5) is 5.69 Å². The van der Waals surface area contributed by atoms with Crippen LogP contribution in [0.2, 0.25) is 0 Å². The van der Waals surface area contributed by atoms with E-state index in [9.17, 15) is 14.7 Å². The number of rotatable bonds is 10. The summed E-state index contributed by atoms with van der Waals surface area (Å²) in [6.07, 6.45) is 1.97. The number of hydrogen-bond acceptors (Lipinski definition) is 5. The molecule has 0 saturated carbocycles. The number of carbonyl (C=O) groups is 2. The van der Waals surface area contributed by atoms with E-state index in [1.54, 1.807) is 23.1 Å². The first-order valence-electron chi connectivity index (χ1n) is 16.6. The van der Waals surface area contributed by atoms with E-state index in [2.05, 4.69) is 60.6 Å². The molecule has 1 aliphatic heterocycles. The van der Waals surface area contributed by atoms with E-state index in [-0.39, 0.29) is 42.9 Å². The fourth-order valence-electron chi connectivity index (χ4n) is 6.58. The first-order chi connectivity index (χ1) is 23.2. The van der Waals surface area contributed by atoms with Gasteiger partial charge in [-0.3, -0.25) is 14.5 Å². The van der Waals surface area contributed by atoms with Crippen LogP contribution in [0.15, 0.2) is 103 Å². The van der Waals surface area contributed by atoms with Crippen LogP contribution in [0.25, 0.3) is 22.0 Å². The van der Waals surface area contributed by atoms with Gasteiger partial charge in [-0.25, -0.2) is 0 Å². The van der Waals surface area contributed by atoms with E-state index < -0.39 is 0 Å². The van der Waals surface area contributed by atoms with Crippen molar-refractivity contribution in [2.45, 2.75) is 39.0 Å². The summed E-state index contributed by atoms with van der Waals surface area (Å²) in [6, 6.07) is 31.9. The average Bonchev–Trinajstić information content (AvgIpc) is 3.41. The number of aliphatic hydroxyl groups excluding tert-OH is 1. The molecule has 2 N–H and O–H groups in total. The van der Waals surface area contributed by atoms with Crippen molar-refractivity contribution in [1.29, 1.82) is 0 Å². The average molecular weight is 645 g/mol. The molecule has 0 saturated heterocycles. The molecule has 2 heterocycles. The zero-order valence-corrected chi connectivity index (χ0v) is 28.1. The van der Waals surface area contributed by atoms with Gasteiger partial charge in [-0.2, -0.15) is 0 Å². The molecule has 2 amide bonds. The summed E-state index contributed by atoms with van der Waals surface area (Å²) in [5.74, 6) is 0.0725. The lowest BCUT2D eigenvalue weighted by Gasteiger charge is -2.38. The van der Waals surface area contributed by atoms with Gasteiger partial charge in [0, 0.05) is 55.4 Å². The lowest BCUT2D eigenvalue weighted by Crippen LogP contribution is -2.49. The predicted molar refractivity (Wildman–Crippen MR) is 191 cm³/mol. The molecular formula is C40H44N4O4. The normalized spacial score (nSPS) is 17.0. The van der Waals surface area contributed by atoms with E-state index in [1.165, 1.54) is 16.7 Å². The highest BCUT2D eigenvalue weighted by Gasteiger charge is 2.33. The maximum absolute atomic E-state index is 13.9. The number of ether oxygens (including phenoxy) is 1. The van der Waals surface area contributed by atoms with Crippen LogP contribution in [0.1, 0.15) is 35.3 Å². The molecular weight excluding hydrogens is 600 g/mol. The van der Waals surface area contributed by atoms with Crippen molar-refractivity contribution in [2.75, 3.05) is 32.1 Å². The van der Waals surface area contributed by atoms with Crippen molar-refractivity contribution < 1.29 is 19.4 Å². The van der Waals surface area contributed by atoms with E-state index in [1.807, 2.05) is 67.2 Å². The van der Waals surface area contributed by atoms with Gasteiger partial charge in [0.2, 0.25) is 5.91 Å². The minimum Gasteiger partial charge on any atom is -0.488 e. The van der Waals surface area contributed by atoms with E-state index >= 15 is 0 Å². The highest BCUT2D eigenvalue weighted by atomic mass is 16.5. The first kappa shape index (κ1) is 33.0. The number of likely N-dealkylation sites (N-methyl/N-ethyl adjacent to an activating group) is 1. The van der Waals surface area contributed by atoms with E-state index in [0.29, 0.717) is 30.1 Å². The number of hydrogen-bond donors (Lipinski definition) is 2. The predicted octanol–water partition coefficient (Wildman–Crippen LogP) is 6.38. The second-order valence-corrected chi connectivity index (χ2v) is 13.1. The zero-order chi connectivity index (χ0) is 33.8. The highest BCUT2D eigenvalue weighted by Crippen LogP contribution is 2.31. The number of nitrogens with zero attached hydrogens (tertiary/aromatic N) is 3. The number of carbonyl (C=O) groups excluding carboxylic acids is 2. The fraction of sp³-hybridized carbons (Fsp3) is 0.300. The molecule has 5 aromatic rings. The SMILES string of the molecule is C[C@@H]1CN([C@@H](C)CO)C(=O)c2cc(NC(=O)Cc3cn(C)c4ccccc34)ccc2O[C@H]1CN(C)Cc1ccc(-c2ccccc2)cc1. The highest BCUT2D eigenvalue weighted by molar-refractivity contribution is 6.00. The van der Waals surface area contributed by atoms with Crippen LogP contribution in [0, 0.1) is 5.92 Å². The van der Waals surface area contributed by atoms with E-state index in [0.717, 1.165) is 23.0 Å². The van der Waals surface area contributed by atoms with Crippen LogP contribution >= 0.6 is 0 Å². The second kappa shape index (κ2) is 14.5. The van der Waals surface area contributed by atoms with Crippen LogP contribution < -0.4 is 10.1 Å². The lowest BCUT2D eigenvalue weighted by atomic mass is 9.99. The number of para-hydroxylation sites is 1. The van der Waals surface area contributed by atoms with Crippen molar-refractivity contribution in [2.24, 2.45) is 13.0 Å². The Morgan fingerprint density at radius 1 is 1.00 bits per heavy atom. The number of anilines is 1. The molecule has 3 atom stereocenters. The fourth-order valence-corrected chi connectivity index (χ4v) is 6.58. The minimum atomic E-state index is -0.378. The van der Waals surface area contributed by atoms with Crippen molar-refractivity contribution in [3.05, 3.63) is 120 Å². The van der Waals surface area contributed by atoms with Gasteiger partial charge < -0.3 is 24.6 Å². The van der Waals surface area contributed by atoms with Crippen LogP contribution in [-0.2, 0) is 24.8 Å². The zero-order valence-electron chi connectivity index (χ0n) is 28.1.